The van der Waals surface area contributed by atoms with Gasteiger partial charge in [0, 0.05) is 49.6 Å². The number of benzene rings is 3. The zero-order valence-corrected chi connectivity index (χ0v) is 21.9. The van der Waals surface area contributed by atoms with Gasteiger partial charge in [-0.25, -0.2) is 4.98 Å². The van der Waals surface area contributed by atoms with Gasteiger partial charge in [-0.15, -0.1) is 0 Å². The Hall–Kier alpha value is -4.87. The van der Waals surface area contributed by atoms with Crippen LogP contribution >= 0.6 is 0 Å². The molecule has 0 aliphatic heterocycles. The Bertz CT molecular complexity index is 1430. The molecule has 0 aliphatic carbocycles. The zero-order chi connectivity index (χ0) is 28.5. The summed E-state index contributed by atoms with van der Waals surface area (Å²) in [6.07, 6.45) is 0. The Morgan fingerprint density at radius 3 is 1.62 bits per heavy atom. The number of rotatable bonds is 13. The average Bonchev–Trinajstić information content (AvgIpc) is 2.98. The number of nitrogens with zero attached hydrogens (tertiary/aromatic N) is 3. The number of non-ortho nitro benzene ring substituents is 2. The molecule has 0 spiro atoms. The predicted molar refractivity (Wildman–Crippen MR) is 149 cm³/mol. The lowest BCUT2D eigenvalue weighted by Gasteiger charge is -2.15. The second kappa shape index (κ2) is 13.3. The fourth-order valence-corrected chi connectivity index (χ4v) is 3.94. The Morgan fingerprint density at radius 1 is 0.600 bits per heavy atom. The van der Waals surface area contributed by atoms with E-state index in [9.17, 15) is 20.2 Å². The van der Waals surface area contributed by atoms with Crippen LogP contribution in [0.4, 0.5) is 11.4 Å². The van der Waals surface area contributed by atoms with Gasteiger partial charge in [-0.1, -0.05) is 30.3 Å². The first-order valence-electron chi connectivity index (χ1n) is 12.3. The highest BCUT2D eigenvalue weighted by molar-refractivity contribution is 5.78. The van der Waals surface area contributed by atoms with Crippen molar-refractivity contribution in [2.45, 2.75) is 0 Å². The second-order valence-corrected chi connectivity index (χ2v) is 8.59. The van der Waals surface area contributed by atoms with Crippen LogP contribution in [0.5, 0.6) is 11.5 Å². The van der Waals surface area contributed by atoms with Gasteiger partial charge in [-0.2, -0.15) is 0 Å². The number of hydrogen-bond acceptors (Lipinski definition) is 9. The van der Waals surface area contributed by atoms with Gasteiger partial charge in [-0.05, 0) is 35.4 Å². The third-order valence-corrected chi connectivity index (χ3v) is 5.90. The van der Waals surface area contributed by atoms with Crippen molar-refractivity contribution in [2.24, 2.45) is 0 Å². The van der Waals surface area contributed by atoms with Crippen LogP contribution in [0.25, 0.3) is 33.6 Å². The summed E-state index contributed by atoms with van der Waals surface area (Å²) in [6.45, 7) is 1.42. The fourth-order valence-electron chi connectivity index (χ4n) is 3.94. The topological polar surface area (TPSA) is 136 Å². The van der Waals surface area contributed by atoms with Gasteiger partial charge in [-0.3, -0.25) is 20.2 Å². The zero-order valence-electron chi connectivity index (χ0n) is 21.9. The van der Waals surface area contributed by atoms with Crippen LogP contribution in [0.3, 0.4) is 0 Å². The first-order chi connectivity index (χ1) is 19.4. The SMILES string of the molecule is COCCOc1ccc(-c2cc(-c3cccc([N+](=O)[O-])c3)nc(-c3cccc([N+](=O)[O-])c3)c2)cc1OCCOC. The number of nitro groups is 2. The molecule has 1 heterocycles. The molecule has 0 atom stereocenters. The second-order valence-electron chi connectivity index (χ2n) is 8.59. The van der Waals surface area contributed by atoms with Crippen molar-refractivity contribution >= 4 is 11.4 Å². The smallest absolute Gasteiger partial charge is 0.270 e. The summed E-state index contributed by atoms with van der Waals surface area (Å²) in [7, 11) is 3.17. The van der Waals surface area contributed by atoms with Crippen LogP contribution in [-0.4, -0.2) is 55.5 Å². The molecule has 0 fully saturated rings. The van der Waals surface area contributed by atoms with E-state index >= 15 is 0 Å². The highest BCUT2D eigenvalue weighted by atomic mass is 16.6. The van der Waals surface area contributed by atoms with E-state index in [1.807, 2.05) is 12.1 Å². The van der Waals surface area contributed by atoms with E-state index < -0.39 is 9.85 Å². The molecule has 1 aromatic heterocycles. The van der Waals surface area contributed by atoms with Crippen molar-refractivity contribution in [3.63, 3.8) is 0 Å². The van der Waals surface area contributed by atoms with E-state index in [0.29, 0.717) is 60.4 Å². The molecule has 0 unspecified atom stereocenters. The van der Waals surface area contributed by atoms with Crippen molar-refractivity contribution < 1.29 is 28.8 Å². The number of aromatic nitrogens is 1. The molecule has 0 saturated heterocycles. The molecule has 4 rings (SSSR count). The summed E-state index contributed by atoms with van der Waals surface area (Å²) in [5.74, 6) is 1.03. The Morgan fingerprint density at radius 2 is 1.12 bits per heavy atom. The summed E-state index contributed by atoms with van der Waals surface area (Å²) in [4.78, 5) is 26.6. The standard InChI is InChI=1S/C29H27N3O8/c1-37-11-13-39-28-10-9-20(19-29(28)40-14-12-38-2)23-17-26(21-5-3-7-24(15-21)31(33)34)30-27(18-23)22-6-4-8-25(16-22)32(35)36/h3-10,15-19H,11-14H2,1-2H3. The van der Waals surface area contributed by atoms with E-state index in [1.165, 1.54) is 24.3 Å². The molecule has 0 radical (unpaired) electrons. The molecule has 206 valence electrons. The Balaban J connectivity index is 1.85. The van der Waals surface area contributed by atoms with E-state index in [0.717, 1.165) is 11.1 Å². The van der Waals surface area contributed by atoms with Gasteiger partial charge in [0.05, 0.1) is 34.4 Å². The molecule has 0 saturated carbocycles. The number of ether oxygens (including phenoxy) is 4. The molecule has 0 N–H and O–H groups in total. The molecule has 0 amide bonds. The van der Waals surface area contributed by atoms with E-state index in [2.05, 4.69) is 0 Å². The molecule has 3 aromatic carbocycles. The predicted octanol–water partition coefficient (Wildman–Crippen LogP) is 5.95. The number of nitro benzene ring substituents is 2. The van der Waals surface area contributed by atoms with Gasteiger partial charge in [0.15, 0.2) is 11.5 Å². The van der Waals surface area contributed by atoms with Crippen LogP contribution < -0.4 is 9.47 Å². The van der Waals surface area contributed by atoms with E-state index in [1.54, 1.807) is 56.7 Å². The third kappa shape index (κ3) is 6.95. The summed E-state index contributed by atoms with van der Waals surface area (Å²) in [5, 5.41) is 22.8. The Kier molecular flexibility index (Phi) is 9.34. The van der Waals surface area contributed by atoms with Gasteiger partial charge in [0.25, 0.3) is 11.4 Å². The third-order valence-electron chi connectivity index (χ3n) is 5.90. The molecule has 11 nitrogen and oxygen atoms in total. The first-order valence-corrected chi connectivity index (χ1v) is 12.3. The molecule has 11 heteroatoms. The van der Waals surface area contributed by atoms with Crippen molar-refractivity contribution in [1.82, 2.24) is 4.98 Å². The van der Waals surface area contributed by atoms with Crippen molar-refractivity contribution in [3.05, 3.63) is 99.1 Å². The van der Waals surface area contributed by atoms with Crippen LogP contribution in [0, 0.1) is 20.2 Å². The largest absolute Gasteiger partial charge is 0.487 e. The number of methoxy groups -OCH3 is 2. The van der Waals surface area contributed by atoms with Crippen molar-refractivity contribution in [1.29, 1.82) is 0 Å². The van der Waals surface area contributed by atoms with E-state index in [4.69, 9.17) is 23.9 Å². The maximum Gasteiger partial charge on any atom is 0.270 e. The fraction of sp³-hybridized carbons (Fsp3) is 0.207. The van der Waals surface area contributed by atoms with Crippen molar-refractivity contribution in [3.8, 4) is 45.1 Å². The first kappa shape index (κ1) is 28.1. The molecule has 0 bridgehead atoms. The highest BCUT2D eigenvalue weighted by Crippen LogP contribution is 2.36. The molecule has 40 heavy (non-hydrogen) atoms. The monoisotopic (exact) mass is 545 g/mol. The maximum atomic E-state index is 11.4. The van der Waals surface area contributed by atoms with Gasteiger partial charge < -0.3 is 18.9 Å². The summed E-state index contributed by atoms with van der Waals surface area (Å²) in [6, 6.07) is 21.4. The molecular weight excluding hydrogens is 518 g/mol. The minimum absolute atomic E-state index is 0.0759. The van der Waals surface area contributed by atoms with Crippen molar-refractivity contribution in [2.75, 3.05) is 40.6 Å². The van der Waals surface area contributed by atoms with Gasteiger partial charge in [0.2, 0.25) is 0 Å². The van der Waals surface area contributed by atoms with Crippen LogP contribution in [-0.2, 0) is 9.47 Å². The maximum absolute atomic E-state index is 11.4. The number of pyridine rings is 1. The number of hydrogen-bond donors (Lipinski definition) is 0. The minimum Gasteiger partial charge on any atom is -0.487 e. The van der Waals surface area contributed by atoms with Crippen LogP contribution in [0.2, 0.25) is 0 Å². The Labute approximate surface area is 230 Å². The normalized spacial score (nSPS) is 10.8. The molecule has 0 aliphatic rings. The minimum atomic E-state index is -0.471. The quantitative estimate of drug-likeness (QED) is 0.113. The van der Waals surface area contributed by atoms with Crippen LogP contribution in [0.1, 0.15) is 0 Å². The summed E-state index contributed by atoms with van der Waals surface area (Å²) < 4.78 is 21.9. The lowest BCUT2D eigenvalue weighted by molar-refractivity contribution is -0.385. The lowest BCUT2D eigenvalue weighted by Crippen LogP contribution is -2.08. The van der Waals surface area contributed by atoms with Crippen LogP contribution in [0.15, 0.2) is 78.9 Å². The molecular formula is C29H27N3O8. The lowest BCUT2D eigenvalue weighted by atomic mass is 9.99. The summed E-state index contributed by atoms with van der Waals surface area (Å²) >= 11 is 0. The molecule has 4 aromatic rings. The van der Waals surface area contributed by atoms with Gasteiger partial charge in [0.1, 0.15) is 13.2 Å². The van der Waals surface area contributed by atoms with Gasteiger partial charge >= 0.3 is 0 Å². The summed E-state index contributed by atoms with van der Waals surface area (Å²) in [5.41, 5.74) is 3.30. The highest BCUT2D eigenvalue weighted by Gasteiger charge is 2.16. The average molecular weight is 546 g/mol. The van der Waals surface area contributed by atoms with E-state index in [-0.39, 0.29) is 11.4 Å².